The number of amides is 1. The van der Waals surface area contributed by atoms with Gasteiger partial charge in [-0.15, -0.1) is 5.10 Å². The van der Waals surface area contributed by atoms with Gasteiger partial charge < -0.3 is 9.64 Å². The highest BCUT2D eigenvalue weighted by atomic mass is 19.1. The van der Waals surface area contributed by atoms with Crippen molar-refractivity contribution in [2.24, 2.45) is 0 Å². The SMILES string of the molecule is [C-]#[N+]c1c(F)ccc([C@H]2CN3CCN(C(=O)Cc4cccc(-n5cnnn5)c4)C[C@@H]3CO2)c1C. The molecule has 3 heterocycles. The molecular formula is C24H24FN7O2. The zero-order chi connectivity index (χ0) is 23.7. The number of aromatic nitrogens is 4. The lowest BCUT2D eigenvalue weighted by molar-refractivity contribution is -0.139. The smallest absolute Gasteiger partial charge is 0.227 e. The summed E-state index contributed by atoms with van der Waals surface area (Å²) in [5.74, 6) is -0.424. The van der Waals surface area contributed by atoms with Gasteiger partial charge in [-0.1, -0.05) is 18.2 Å². The van der Waals surface area contributed by atoms with Crippen LogP contribution >= 0.6 is 0 Å². The highest BCUT2D eigenvalue weighted by Gasteiger charge is 2.36. The summed E-state index contributed by atoms with van der Waals surface area (Å²) in [4.78, 5) is 20.6. The van der Waals surface area contributed by atoms with Crippen LogP contribution in [-0.2, 0) is 16.0 Å². The van der Waals surface area contributed by atoms with Crippen LogP contribution in [0.1, 0.15) is 22.8 Å². The van der Waals surface area contributed by atoms with Crippen molar-refractivity contribution in [3.8, 4) is 5.69 Å². The largest absolute Gasteiger partial charge is 0.371 e. The summed E-state index contributed by atoms with van der Waals surface area (Å²) in [6.45, 7) is 12.2. The molecule has 0 aliphatic carbocycles. The van der Waals surface area contributed by atoms with Gasteiger partial charge in [-0.2, -0.15) is 0 Å². The first-order chi connectivity index (χ1) is 16.5. The highest BCUT2D eigenvalue weighted by Crippen LogP contribution is 2.34. The Morgan fingerprint density at radius 2 is 2.15 bits per heavy atom. The molecule has 2 aromatic carbocycles. The van der Waals surface area contributed by atoms with E-state index in [4.69, 9.17) is 11.3 Å². The number of hydrogen-bond acceptors (Lipinski definition) is 6. The van der Waals surface area contributed by atoms with Crippen molar-refractivity contribution in [2.45, 2.75) is 25.5 Å². The third-order valence-corrected chi connectivity index (χ3v) is 6.61. The third kappa shape index (κ3) is 4.27. The summed E-state index contributed by atoms with van der Waals surface area (Å²) in [5.41, 5.74) is 3.26. The normalized spacial score (nSPS) is 20.6. The first-order valence-corrected chi connectivity index (χ1v) is 11.2. The lowest BCUT2D eigenvalue weighted by Gasteiger charge is -2.46. The summed E-state index contributed by atoms with van der Waals surface area (Å²) in [5, 5.41) is 11.2. The maximum atomic E-state index is 13.9. The highest BCUT2D eigenvalue weighted by molar-refractivity contribution is 5.79. The molecule has 5 rings (SSSR count). The second kappa shape index (κ2) is 9.29. The molecule has 0 bridgehead atoms. The van der Waals surface area contributed by atoms with E-state index in [1.54, 1.807) is 17.7 Å². The number of benzene rings is 2. The van der Waals surface area contributed by atoms with Crippen LogP contribution in [0.3, 0.4) is 0 Å². The van der Waals surface area contributed by atoms with Crippen molar-refractivity contribution in [1.82, 2.24) is 30.0 Å². The fraction of sp³-hybridized carbons (Fsp3) is 0.375. The number of fused-ring (bicyclic) bond motifs is 1. The van der Waals surface area contributed by atoms with Crippen LogP contribution in [0.15, 0.2) is 42.7 Å². The molecule has 10 heteroatoms. The van der Waals surface area contributed by atoms with E-state index in [-0.39, 0.29) is 23.7 Å². The third-order valence-electron chi connectivity index (χ3n) is 6.61. The predicted octanol–water partition coefficient (Wildman–Crippen LogP) is 2.49. The first-order valence-electron chi connectivity index (χ1n) is 11.2. The molecule has 2 saturated heterocycles. The van der Waals surface area contributed by atoms with E-state index in [9.17, 15) is 9.18 Å². The lowest BCUT2D eigenvalue weighted by atomic mass is 9.98. The summed E-state index contributed by atoms with van der Waals surface area (Å²) >= 11 is 0. The molecule has 2 atom stereocenters. The predicted molar refractivity (Wildman–Crippen MR) is 121 cm³/mol. The second-order valence-electron chi connectivity index (χ2n) is 8.63. The van der Waals surface area contributed by atoms with Gasteiger partial charge >= 0.3 is 0 Å². The zero-order valence-electron chi connectivity index (χ0n) is 18.8. The molecule has 3 aromatic rings. The second-order valence-corrected chi connectivity index (χ2v) is 8.63. The van der Waals surface area contributed by atoms with Gasteiger partial charge in [-0.05, 0) is 52.2 Å². The molecule has 9 nitrogen and oxygen atoms in total. The van der Waals surface area contributed by atoms with Gasteiger partial charge in [0.2, 0.25) is 11.6 Å². The van der Waals surface area contributed by atoms with E-state index in [0.29, 0.717) is 38.2 Å². The molecule has 0 saturated carbocycles. The van der Waals surface area contributed by atoms with Crippen LogP contribution in [0.4, 0.5) is 10.1 Å². The van der Waals surface area contributed by atoms with Crippen LogP contribution < -0.4 is 0 Å². The number of carbonyl (C=O) groups excluding carboxylic acids is 1. The molecule has 2 aliphatic rings. The Labute approximate surface area is 196 Å². The molecule has 2 fully saturated rings. The van der Waals surface area contributed by atoms with Crippen molar-refractivity contribution in [3.05, 3.63) is 76.7 Å². The molecular weight excluding hydrogens is 437 g/mol. The number of rotatable bonds is 4. The average Bonchev–Trinajstić information content (AvgIpc) is 3.39. The number of piperazine rings is 1. The minimum atomic E-state index is -0.499. The van der Waals surface area contributed by atoms with Crippen LogP contribution in [0, 0.1) is 19.3 Å². The van der Waals surface area contributed by atoms with Crippen molar-refractivity contribution in [2.75, 3.05) is 32.8 Å². The van der Waals surface area contributed by atoms with Gasteiger partial charge in [0, 0.05) is 26.2 Å². The Balaban J connectivity index is 1.22. The monoisotopic (exact) mass is 461 g/mol. The van der Waals surface area contributed by atoms with Crippen molar-refractivity contribution in [3.63, 3.8) is 0 Å². The maximum Gasteiger partial charge on any atom is 0.227 e. The van der Waals surface area contributed by atoms with E-state index >= 15 is 0 Å². The van der Waals surface area contributed by atoms with Crippen LogP contribution in [0.25, 0.3) is 10.5 Å². The molecule has 0 unspecified atom stereocenters. The maximum absolute atomic E-state index is 13.9. The van der Waals surface area contributed by atoms with Crippen molar-refractivity contribution >= 4 is 11.6 Å². The minimum absolute atomic E-state index is 0.0581. The van der Waals surface area contributed by atoms with E-state index in [1.165, 1.54) is 12.4 Å². The zero-order valence-corrected chi connectivity index (χ0v) is 18.8. The van der Waals surface area contributed by atoms with Gasteiger partial charge in [0.05, 0.1) is 37.4 Å². The number of tetrazole rings is 1. The molecule has 0 spiro atoms. The van der Waals surface area contributed by atoms with Crippen LogP contribution in [-0.4, -0.2) is 74.7 Å². The number of ether oxygens (including phenoxy) is 1. The molecule has 1 aromatic heterocycles. The molecule has 34 heavy (non-hydrogen) atoms. The summed E-state index contributed by atoms with van der Waals surface area (Å²) in [7, 11) is 0. The first kappa shape index (κ1) is 22.1. The number of nitrogens with zero attached hydrogens (tertiary/aromatic N) is 7. The van der Waals surface area contributed by atoms with Crippen molar-refractivity contribution in [1.29, 1.82) is 0 Å². The molecule has 0 radical (unpaired) electrons. The van der Waals surface area contributed by atoms with Gasteiger partial charge in [0.25, 0.3) is 0 Å². The average molecular weight is 462 g/mol. The van der Waals surface area contributed by atoms with Gasteiger partial charge in [-0.25, -0.2) is 13.9 Å². The molecule has 2 aliphatic heterocycles. The van der Waals surface area contributed by atoms with E-state index in [1.807, 2.05) is 29.2 Å². The quantitative estimate of drug-likeness (QED) is 0.556. The Morgan fingerprint density at radius 1 is 1.26 bits per heavy atom. The van der Waals surface area contributed by atoms with E-state index < -0.39 is 5.82 Å². The summed E-state index contributed by atoms with van der Waals surface area (Å²) in [6.07, 6.45) is 1.61. The summed E-state index contributed by atoms with van der Waals surface area (Å²) in [6, 6.07) is 10.8. The van der Waals surface area contributed by atoms with Gasteiger partial charge in [0.1, 0.15) is 12.1 Å². The topological polar surface area (TPSA) is 80.7 Å². The standard InChI is InChI=1S/C24H24FN7O2/c1-16-20(6-7-21(25)24(16)26-2)22-13-30-8-9-31(12-19(30)14-34-22)23(33)11-17-4-3-5-18(10-17)32-15-27-28-29-32/h3-7,10,15,19,22H,8-9,11-14H2,1H3/t19-,22-/m1/s1. The van der Waals surface area contributed by atoms with E-state index in [0.717, 1.165) is 23.4 Å². The summed E-state index contributed by atoms with van der Waals surface area (Å²) < 4.78 is 21.6. The van der Waals surface area contributed by atoms with E-state index in [2.05, 4.69) is 25.3 Å². The Hall–Kier alpha value is -3.68. The fourth-order valence-electron chi connectivity index (χ4n) is 4.74. The fourth-order valence-corrected chi connectivity index (χ4v) is 4.74. The van der Waals surface area contributed by atoms with Gasteiger partial charge in [0.15, 0.2) is 0 Å². The minimum Gasteiger partial charge on any atom is -0.371 e. The molecule has 1 amide bonds. The molecule has 0 N–H and O–H groups in total. The van der Waals surface area contributed by atoms with Crippen LogP contribution in [0.2, 0.25) is 0 Å². The Kier molecular flexibility index (Phi) is 6.04. The van der Waals surface area contributed by atoms with Crippen molar-refractivity contribution < 1.29 is 13.9 Å². The Morgan fingerprint density at radius 3 is 2.94 bits per heavy atom. The van der Waals surface area contributed by atoms with Gasteiger partial charge in [-0.3, -0.25) is 9.69 Å². The number of hydrogen-bond donors (Lipinski definition) is 0. The molecule has 174 valence electrons. The number of morpholine rings is 1. The lowest BCUT2D eigenvalue weighted by Crippen LogP contribution is -2.59. The number of carbonyl (C=O) groups is 1. The Bertz CT molecular complexity index is 1240. The number of halogens is 1. The van der Waals surface area contributed by atoms with Crippen LogP contribution in [0.5, 0.6) is 0 Å².